The van der Waals surface area contributed by atoms with Gasteiger partial charge in [0, 0.05) is 10.9 Å². The molecule has 0 aromatic heterocycles. The minimum Gasteiger partial charge on any atom is -0.496 e. The summed E-state index contributed by atoms with van der Waals surface area (Å²) in [5.41, 5.74) is 0.519. The van der Waals surface area contributed by atoms with Crippen molar-refractivity contribution in [2.45, 2.75) is 58.0 Å². The van der Waals surface area contributed by atoms with Crippen LogP contribution in [0.5, 0.6) is 5.75 Å². The fourth-order valence-electron chi connectivity index (χ4n) is 3.73. The van der Waals surface area contributed by atoms with Crippen molar-refractivity contribution in [1.82, 2.24) is 0 Å². The van der Waals surface area contributed by atoms with Crippen LogP contribution in [-0.2, 0) is 6.42 Å². The van der Waals surface area contributed by atoms with Gasteiger partial charge in [0.25, 0.3) is 0 Å². The van der Waals surface area contributed by atoms with Gasteiger partial charge in [0.05, 0.1) is 12.7 Å². The number of hydrogen-bond donors (Lipinski definition) is 1. The molecule has 1 aliphatic rings. The molecular formula is C18H27BrO2. The average Bonchev–Trinajstić information content (AvgIpc) is 2.37. The topological polar surface area (TPSA) is 29.5 Å². The zero-order valence-corrected chi connectivity index (χ0v) is 14.9. The van der Waals surface area contributed by atoms with Crippen LogP contribution < -0.4 is 4.74 Å². The van der Waals surface area contributed by atoms with E-state index in [0.29, 0.717) is 18.3 Å². The van der Waals surface area contributed by atoms with Crippen molar-refractivity contribution in [1.29, 1.82) is 0 Å². The van der Waals surface area contributed by atoms with Crippen molar-refractivity contribution in [2.24, 2.45) is 11.8 Å². The number of hydrogen-bond acceptors (Lipinski definition) is 2. The van der Waals surface area contributed by atoms with Gasteiger partial charge in [-0.2, -0.15) is 0 Å². The minimum absolute atomic E-state index is 0.577. The summed E-state index contributed by atoms with van der Waals surface area (Å²) in [7, 11) is 1.69. The van der Waals surface area contributed by atoms with Crippen molar-refractivity contribution >= 4 is 15.9 Å². The standard InChI is InChI=1S/C18H27BrO2/c1-13(2)9-14-5-4-8-18(20,11-14)12-15-10-16(19)6-7-17(15)21-3/h6-7,10,13-14,20H,4-5,8-9,11-12H2,1-3H3. The third kappa shape index (κ3) is 4.72. The predicted molar refractivity (Wildman–Crippen MR) is 90.8 cm³/mol. The Morgan fingerprint density at radius 2 is 2.19 bits per heavy atom. The molecule has 2 rings (SSSR count). The molecular weight excluding hydrogens is 328 g/mol. The van der Waals surface area contributed by atoms with Gasteiger partial charge in [-0.05, 0) is 54.9 Å². The summed E-state index contributed by atoms with van der Waals surface area (Å²) in [5.74, 6) is 2.23. The number of ether oxygens (including phenoxy) is 1. The molecule has 2 atom stereocenters. The molecule has 21 heavy (non-hydrogen) atoms. The molecule has 0 heterocycles. The van der Waals surface area contributed by atoms with Crippen LogP contribution in [0.3, 0.4) is 0 Å². The van der Waals surface area contributed by atoms with E-state index in [0.717, 1.165) is 35.0 Å². The smallest absolute Gasteiger partial charge is 0.122 e. The fraction of sp³-hybridized carbons (Fsp3) is 0.667. The summed E-state index contributed by atoms with van der Waals surface area (Å²) in [6.45, 7) is 4.54. The maximum atomic E-state index is 11.0. The third-order valence-corrected chi connectivity index (χ3v) is 4.98. The normalized spacial score (nSPS) is 26.1. The van der Waals surface area contributed by atoms with Crippen molar-refractivity contribution in [3.8, 4) is 5.75 Å². The number of rotatable bonds is 5. The molecule has 2 unspecified atom stereocenters. The predicted octanol–water partition coefficient (Wildman–Crippen LogP) is 4.97. The van der Waals surface area contributed by atoms with Crippen molar-refractivity contribution in [2.75, 3.05) is 7.11 Å². The van der Waals surface area contributed by atoms with Crippen LogP contribution in [0.2, 0.25) is 0 Å². The van der Waals surface area contributed by atoms with E-state index in [1.807, 2.05) is 12.1 Å². The molecule has 1 aromatic rings. The molecule has 0 bridgehead atoms. The second kappa shape index (κ2) is 7.15. The van der Waals surface area contributed by atoms with Crippen molar-refractivity contribution < 1.29 is 9.84 Å². The van der Waals surface area contributed by atoms with Gasteiger partial charge in [-0.3, -0.25) is 0 Å². The van der Waals surface area contributed by atoms with Gasteiger partial charge in [0.15, 0.2) is 0 Å². The largest absolute Gasteiger partial charge is 0.496 e. The van der Waals surface area contributed by atoms with Gasteiger partial charge in [-0.15, -0.1) is 0 Å². The molecule has 0 amide bonds. The van der Waals surface area contributed by atoms with E-state index in [-0.39, 0.29) is 0 Å². The van der Waals surface area contributed by atoms with E-state index in [4.69, 9.17) is 4.74 Å². The van der Waals surface area contributed by atoms with Crippen LogP contribution in [0.1, 0.15) is 51.5 Å². The zero-order valence-electron chi connectivity index (χ0n) is 13.4. The number of aliphatic hydroxyl groups is 1. The zero-order chi connectivity index (χ0) is 15.5. The van der Waals surface area contributed by atoms with Crippen LogP contribution in [0.15, 0.2) is 22.7 Å². The molecule has 0 aliphatic heterocycles. The molecule has 0 spiro atoms. The Hall–Kier alpha value is -0.540. The maximum absolute atomic E-state index is 11.0. The lowest BCUT2D eigenvalue weighted by molar-refractivity contribution is -0.0193. The van der Waals surface area contributed by atoms with Gasteiger partial charge in [0.2, 0.25) is 0 Å². The molecule has 1 fully saturated rings. The average molecular weight is 355 g/mol. The lowest BCUT2D eigenvalue weighted by Crippen LogP contribution is -2.37. The Morgan fingerprint density at radius 1 is 1.43 bits per heavy atom. The minimum atomic E-state index is -0.577. The molecule has 1 aliphatic carbocycles. The monoisotopic (exact) mass is 354 g/mol. The lowest BCUT2D eigenvalue weighted by Gasteiger charge is -2.38. The molecule has 0 radical (unpaired) electrons. The molecule has 1 saturated carbocycles. The van der Waals surface area contributed by atoms with E-state index in [9.17, 15) is 5.11 Å². The second-order valence-electron chi connectivity index (χ2n) is 6.95. The van der Waals surface area contributed by atoms with Crippen LogP contribution in [0.4, 0.5) is 0 Å². The summed E-state index contributed by atoms with van der Waals surface area (Å²) >= 11 is 3.52. The van der Waals surface area contributed by atoms with Crippen LogP contribution in [0.25, 0.3) is 0 Å². The van der Waals surface area contributed by atoms with Crippen LogP contribution in [-0.4, -0.2) is 17.8 Å². The first-order valence-electron chi connectivity index (χ1n) is 7.96. The summed E-state index contributed by atoms with van der Waals surface area (Å²) in [4.78, 5) is 0. The lowest BCUT2D eigenvalue weighted by atomic mass is 9.73. The number of methoxy groups -OCH3 is 1. The Bertz CT molecular complexity index is 472. The highest BCUT2D eigenvalue weighted by molar-refractivity contribution is 9.10. The summed E-state index contributed by atoms with van der Waals surface area (Å²) in [5, 5.41) is 11.0. The quantitative estimate of drug-likeness (QED) is 0.808. The Kier molecular flexibility index (Phi) is 5.73. The van der Waals surface area contributed by atoms with E-state index in [1.54, 1.807) is 7.11 Å². The highest BCUT2D eigenvalue weighted by Crippen LogP contribution is 2.39. The Balaban J connectivity index is 2.11. The molecule has 1 N–H and O–H groups in total. The summed E-state index contributed by atoms with van der Waals surface area (Å²) in [6.07, 6.45) is 6.11. The Labute approximate surface area is 137 Å². The summed E-state index contributed by atoms with van der Waals surface area (Å²) in [6, 6.07) is 6.02. The SMILES string of the molecule is COc1ccc(Br)cc1CC1(O)CCCC(CC(C)C)C1. The first kappa shape index (κ1) is 16.8. The van der Waals surface area contributed by atoms with E-state index >= 15 is 0 Å². The van der Waals surface area contributed by atoms with Gasteiger partial charge in [-0.1, -0.05) is 42.6 Å². The van der Waals surface area contributed by atoms with Gasteiger partial charge < -0.3 is 9.84 Å². The molecule has 1 aromatic carbocycles. The molecule has 118 valence electrons. The molecule has 2 nitrogen and oxygen atoms in total. The van der Waals surface area contributed by atoms with E-state index < -0.39 is 5.60 Å². The van der Waals surface area contributed by atoms with E-state index in [1.165, 1.54) is 12.8 Å². The maximum Gasteiger partial charge on any atom is 0.122 e. The fourth-order valence-corrected chi connectivity index (χ4v) is 4.14. The van der Waals surface area contributed by atoms with Gasteiger partial charge in [-0.25, -0.2) is 0 Å². The number of benzene rings is 1. The third-order valence-electron chi connectivity index (χ3n) is 4.49. The first-order valence-corrected chi connectivity index (χ1v) is 8.76. The van der Waals surface area contributed by atoms with Gasteiger partial charge >= 0.3 is 0 Å². The second-order valence-corrected chi connectivity index (χ2v) is 7.86. The van der Waals surface area contributed by atoms with Gasteiger partial charge in [0.1, 0.15) is 5.75 Å². The van der Waals surface area contributed by atoms with Crippen molar-refractivity contribution in [3.05, 3.63) is 28.2 Å². The van der Waals surface area contributed by atoms with Crippen LogP contribution >= 0.6 is 15.9 Å². The number of halogens is 1. The van der Waals surface area contributed by atoms with Crippen molar-refractivity contribution in [3.63, 3.8) is 0 Å². The Morgan fingerprint density at radius 3 is 2.86 bits per heavy atom. The molecule has 3 heteroatoms. The van der Waals surface area contributed by atoms with Crippen LogP contribution in [0, 0.1) is 11.8 Å². The molecule has 0 saturated heterocycles. The first-order chi connectivity index (χ1) is 9.92. The van der Waals surface area contributed by atoms with E-state index in [2.05, 4.69) is 35.8 Å². The highest BCUT2D eigenvalue weighted by atomic mass is 79.9. The highest BCUT2D eigenvalue weighted by Gasteiger charge is 2.35. The summed E-state index contributed by atoms with van der Waals surface area (Å²) < 4.78 is 6.48.